The minimum absolute atomic E-state index is 0.223. The summed E-state index contributed by atoms with van der Waals surface area (Å²) in [7, 11) is 0. The second kappa shape index (κ2) is 5.33. The van der Waals surface area contributed by atoms with E-state index in [2.05, 4.69) is 0 Å². The van der Waals surface area contributed by atoms with Gasteiger partial charge in [-0.3, -0.25) is 14.5 Å². The largest absolute Gasteiger partial charge is 0.548 e. The summed E-state index contributed by atoms with van der Waals surface area (Å²) in [5.41, 5.74) is 0. The molecular formula is C13H15ClNO4-. The van der Waals surface area contributed by atoms with E-state index < -0.39 is 35.7 Å². The smallest absolute Gasteiger partial charge is 0.234 e. The number of allylic oxidation sites excluding steroid dienone is 2. The van der Waals surface area contributed by atoms with Crippen LogP contribution in [0.5, 0.6) is 0 Å². The van der Waals surface area contributed by atoms with Crippen LogP contribution in [0.2, 0.25) is 0 Å². The Bertz CT molecular complexity index is 460. The molecule has 1 heterocycles. The van der Waals surface area contributed by atoms with Gasteiger partial charge in [-0.25, -0.2) is 0 Å². The number of amides is 2. The summed E-state index contributed by atoms with van der Waals surface area (Å²) in [4.78, 5) is 36.5. The molecule has 2 rings (SSSR count). The van der Waals surface area contributed by atoms with Crippen LogP contribution in [0.4, 0.5) is 0 Å². The Balaban J connectivity index is 2.27. The van der Waals surface area contributed by atoms with Crippen molar-refractivity contribution in [2.24, 2.45) is 11.8 Å². The molecule has 0 spiro atoms. The molecule has 0 unspecified atom stereocenters. The van der Waals surface area contributed by atoms with Crippen molar-refractivity contribution in [2.45, 2.75) is 38.6 Å². The maximum absolute atomic E-state index is 12.2. The second-order valence-corrected chi connectivity index (χ2v) is 5.46. The van der Waals surface area contributed by atoms with Crippen molar-refractivity contribution in [3.05, 3.63) is 11.1 Å². The number of carboxylic acids is 1. The van der Waals surface area contributed by atoms with Gasteiger partial charge in [-0.2, -0.15) is 0 Å². The lowest BCUT2D eigenvalue weighted by molar-refractivity contribution is -0.311. The first-order valence-electron chi connectivity index (χ1n) is 6.39. The highest BCUT2D eigenvalue weighted by Gasteiger charge is 2.50. The van der Waals surface area contributed by atoms with E-state index >= 15 is 0 Å². The number of hydrogen-bond donors (Lipinski definition) is 0. The Morgan fingerprint density at radius 3 is 2.68 bits per heavy atom. The minimum Gasteiger partial charge on any atom is -0.548 e. The molecule has 1 aliphatic carbocycles. The lowest BCUT2D eigenvalue weighted by Crippen LogP contribution is -2.51. The van der Waals surface area contributed by atoms with E-state index in [0.29, 0.717) is 24.3 Å². The summed E-state index contributed by atoms with van der Waals surface area (Å²) in [6, 6.07) is -1.16. The minimum atomic E-state index is -1.37. The Morgan fingerprint density at radius 2 is 2.11 bits per heavy atom. The average Bonchev–Trinajstić information content (AvgIpc) is 2.59. The fourth-order valence-corrected chi connectivity index (χ4v) is 3.04. The van der Waals surface area contributed by atoms with Crippen LogP contribution in [0.25, 0.3) is 0 Å². The van der Waals surface area contributed by atoms with Crippen LogP contribution in [-0.4, -0.2) is 28.7 Å². The number of imide groups is 1. The molecule has 6 heteroatoms. The summed E-state index contributed by atoms with van der Waals surface area (Å²) in [5.74, 6) is -3.18. The van der Waals surface area contributed by atoms with E-state index in [1.54, 1.807) is 13.0 Å². The average molecular weight is 285 g/mol. The zero-order valence-corrected chi connectivity index (χ0v) is 11.4. The van der Waals surface area contributed by atoms with Crippen LogP contribution in [0.15, 0.2) is 11.1 Å². The second-order valence-electron chi connectivity index (χ2n) is 4.97. The molecule has 0 aromatic rings. The number of carbonyl (C=O) groups is 3. The van der Waals surface area contributed by atoms with Crippen molar-refractivity contribution in [3.63, 3.8) is 0 Å². The van der Waals surface area contributed by atoms with Gasteiger partial charge in [0.05, 0.1) is 23.8 Å². The van der Waals surface area contributed by atoms with Gasteiger partial charge in [0.25, 0.3) is 0 Å². The van der Waals surface area contributed by atoms with Crippen molar-refractivity contribution in [2.75, 3.05) is 0 Å². The Labute approximate surface area is 116 Å². The third-order valence-corrected chi connectivity index (χ3v) is 4.06. The molecule has 2 amide bonds. The van der Waals surface area contributed by atoms with Gasteiger partial charge in [-0.1, -0.05) is 31.0 Å². The number of likely N-dealkylation sites (tertiary alicyclic amines) is 1. The van der Waals surface area contributed by atoms with E-state index in [1.165, 1.54) is 0 Å². The van der Waals surface area contributed by atoms with Gasteiger partial charge in [0.15, 0.2) is 0 Å². The Morgan fingerprint density at radius 1 is 1.47 bits per heavy atom. The van der Waals surface area contributed by atoms with E-state index in [1.807, 2.05) is 0 Å². The number of hydrogen-bond acceptors (Lipinski definition) is 4. The Kier molecular flexibility index (Phi) is 3.94. The zero-order valence-electron chi connectivity index (χ0n) is 10.6. The lowest BCUT2D eigenvalue weighted by atomic mass is 9.85. The molecular weight excluding hydrogens is 270 g/mol. The van der Waals surface area contributed by atoms with Gasteiger partial charge >= 0.3 is 0 Å². The van der Waals surface area contributed by atoms with Crippen molar-refractivity contribution in [1.29, 1.82) is 0 Å². The monoisotopic (exact) mass is 284 g/mol. The molecule has 2 aliphatic rings. The van der Waals surface area contributed by atoms with Gasteiger partial charge in [0.1, 0.15) is 0 Å². The Hall–Kier alpha value is -1.36. The number of carbonyl (C=O) groups excluding carboxylic acids is 3. The normalized spacial score (nSPS) is 28.1. The molecule has 1 saturated heterocycles. The molecule has 0 aromatic carbocycles. The first kappa shape index (κ1) is 14.1. The highest BCUT2D eigenvalue weighted by atomic mass is 35.5. The van der Waals surface area contributed by atoms with Crippen LogP contribution >= 0.6 is 11.6 Å². The van der Waals surface area contributed by atoms with Crippen LogP contribution in [0.3, 0.4) is 0 Å². The van der Waals surface area contributed by atoms with Crippen LogP contribution < -0.4 is 5.11 Å². The van der Waals surface area contributed by atoms with Crippen molar-refractivity contribution in [3.8, 4) is 0 Å². The molecule has 1 fully saturated rings. The van der Waals surface area contributed by atoms with Crippen molar-refractivity contribution < 1.29 is 19.5 Å². The summed E-state index contributed by atoms with van der Waals surface area (Å²) < 4.78 is 0. The maximum Gasteiger partial charge on any atom is 0.234 e. The molecule has 0 bridgehead atoms. The molecule has 1 aliphatic heterocycles. The number of halogens is 1. The fraction of sp³-hybridized carbons (Fsp3) is 0.615. The van der Waals surface area contributed by atoms with E-state index in [4.69, 9.17) is 11.6 Å². The van der Waals surface area contributed by atoms with E-state index in [0.717, 1.165) is 4.90 Å². The summed E-state index contributed by atoms with van der Waals surface area (Å²) in [6.45, 7) is 1.80. The topological polar surface area (TPSA) is 77.5 Å². The predicted molar refractivity (Wildman–Crippen MR) is 65.7 cm³/mol. The summed E-state index contributed by atoms with van der Waals surface area (Å²) >= 11 is 5.90. The molecule has 0 radical (unpaired) electrons. The molecule has 104 valence electrons. The third kappa shape index (κ3) is 2.39. The standard InChI is InChI=1S/C13H16ClNO4/c1-2-3-10(13(18)19)15-11(16)8-5-4-7(14)6-9(8)12(15)17/h4,8-10H,2-3,5-6H2,1H3,(H,18,19)/p-1/t8-,9+,10-/m1/s1. The van der Waals surface area contributed by atoms with Crippen LogP contribution in [-0.2, 0) is 14.4 Å². The van der Waals surface area contributed by atoms with Crippen molar-refractivity contribution >= 4 is 29.4 Å². The van der Waals surface area contributed by atoms with E-state index in [-0.39, 0.29) is 6.42 Å². The van der Waals surface area contributed by atoms with Gasteiger partial charge in [-0.15, -0.1) is 0 Å². The highest BCUT2D eigenvalue weighted by Crippen LogP contribution is 2.39. The van der Waals surface area contributed by atoms with Gasteiger partial charge < -0.3 is 9.90 Å². The van der Waals surface area contributed by atoms with Gasteiger partial charge in [0, 0.05) is 5.03 Å². The summed E-state index contributed by atoms with van der Waals surface area (Å²) in [6.07, 6.45) is 3.23. The molecule has 19 heavy (non-hydrogen) atoms. The van der Waals surface area contributed by atoms with Crippen molar-refractivity contribution in [1.82, 2.24) is 4.90 Å². The molecule has 3 atom stereocenters. The first-order valence-corrected chi connectivity index (χ1v) is 6.77. The molecule has 0 saturated carbocycles. The predicted octanol–water partition coefficient (Wildman–Crippen LogP) is 0.423. The van der Waals surface area contributed by atoms with Crippen LogP contribution in [0.1, 0.15) is 32.6 Å². The fourth-order valence-electron chi connectivity index (χ4n) is 2.79. The van der Waals surface area contributed by atoms with Gasteiger partial charge in [-0.05, 0) is 19.3 Å². The number of fused-ring (bicyclic) bond motifs is 1. The number of nitrogens with zero attached hydrogens (tertiary/aromatic N) is 1. The van der Waals surface area contributed by atoms with E-state index in [9.17, 15) is 19.5 Å². The lowest BCUT2D eigenvalue weighted by Gasteiger charge is -2.27. The number of carboxylic acid groups (broad SMARTS) is 1. The SMILES string of the molecule is CCC[C@H](C(=O)[O-])N1C(=O)[C@H]2CC(Cl)=CC[C@H]2C1=O. The maximum atomic E-state index is 12.2. The highest BCUT2D eigenvalue weighted by molar-refractivity contribution is 6.30. The van der Waals surface area contributed by atoms with Gasteiger partial charge in [0.2, 0.25) is 11.8 Å². The zero-order chi connectivity index (χ0) is 14.2. The summed E-state index contributed by atoms with van der Waals surface area (Å²) in [5, 5.41) is 11.7. The number of rotatable bonds is 4. The molecule has 5 nitrogen and oxygen atoms in total. The third-order valence-electron chi connectivity index (χ3n) is 3.75. The number of aliphatic carboxylic acids is 1. The first-order chi connectivity index (χ1) is 8.97. The molecule has 0 N–H and O–H groups in total. The molecule has 0 aromatic heterocycles. The van der Waals surface area contributed by atoms with Crippen LogP contribution in [0, 0.1) is 11.8 Å². The quantitative estimate of drug-likeness (QED) is 0.701.